The molecule has 3 nitrogen and oxygen atoms in total. The van der Waals surface area contributed by atoms with Gasteiger partial charge in [0, 0.05) is 11.5 Å². The maximum atomic E-state index is 11.1. The molecule has 1 N–H and O–H groups in total. The highest BCUT2D eigenvalue weighted by Gasteiger charge is 2.32. The van der Waals surface area contributed by atoms with E-state index in [1.807, 2.05) is 0 Å². The van der Waals surface area contributed by atoms with E-state index in [-0.39, 0.29) is 11.9 Å². The molecule has 2 atom stereocenters. The first kappa shape index (κ1) is 8.87. The minimum absolute atomic E-state index is 0.259. The summed E-state index contributed by atoms with van der Waals surface area (Å²) in [7, 11) is 0. The van der Waals surface area contributed by atoms with E-state index in [1.54, 1.807) is 18.7 Å². The van der Waals surface area contributed by atoms with Gasteiger partial charge in [0.2, 0.25) is 0 Å². The molecule has 1 saturated heterocycles. The first-order chi connectivity index (χ1) is 5.25. The molecule has 64 valence electrons. The molecule has 1 heterocycles. The zero-order valence-corrected chi connectivity index (χ0v) is 7.26. The molecule has 1 aliphatic heterocycles. The van der Waals surface area contributed by atoms with Gasteiger partial charge in [0.15, 0.2) is 0 Å². The summed E-state index contributed by atoms with van der Waals surface area (Å²) in [6, 6.07) is 0. The summed E-state index contributed by atoms with van der Waals surface area (Å²) in [6.07, 6.45) is -0.501. The van der Waals surface area contributed by atoms with E-state index >= 15 is 0 Å². The van der Waals surface area contributed by atoms with Gasteiger partial charge in [0.05, 0.1) is 18.6 Å². The number of rotatable bonds is 2. The summed E-state index contributed by atoms with van der Waals surface area (Å²) in [5.74, 6) is 0.800. The zero-order chi connectivity index (χ0) is 8.27. The quantitative estimate of drug-likeness (QED) is 0.614. The standard InChI is InChI=1S/C7H12O3S/c1-2-10-7(9)5-3-11-4-6(5)8/h5-6,8H,2-4H2,1H3. The highest BCUT2D eigenvalue weighted by molar-refractivity contribution is 7.99. The fourth-order valence-corrected chi connectivity index (χ4v) is 2.24. The number of carbonyl (C=O) groups excluding carboxylic acids is 1. The second-order valence-corrected chi connectivity index (χ2v) is 3.54. The lowest BCUT2D eigenvalue weighted by Crippen LogP contribution is -2.28. The minimum Gasteiger partial charge on any atom is -0.466 e. The van der Waals surface area contributed by atoms with Crippen molar-refractivity contribution in [1.82, 2.24) is 0 Å². The number of thioether (sulfide) groups is 1. The first-order valence-electron chi connectivity index (χ1n) is 3.68. The van der Waals surface area contributed by atoms with Crippen LogP contribution in [0.2, 0.25) is 0 Å². The summed E-state index contributed by atoms with van der Waals surface area (Å²) >= 11 is 1.59. The van der Waals surface area contributed by atoms with E-state index < -0.39 is 6.10 Å². The molecule has 0 amide bonds. The van der Waals surface area contributed by atoms with Crippen molar-refractivity contribution in [2.45, 2.75) is 13.0 Å². The third kappa shape index (κ3) is 2.10. The highest BCUT2D eigenvalue weighted by atomic mass is 32.2. The molecule has 11 heavy (non-hydrogen) atoms. The third-order valence-corrected chi connectivity index (χ3v) is 2.81. The van der Waals surface area contributed by atoms with E-state index in [0.717, 1.165) is 0 Å². The molecule has 0 aliphatic carbocycles. The third-order valence-electron chi connectivity index (χ3n) is 1.64. The summed E-state index contributed by atoms with van der Waals surface area (Å²) in [4.78, 5) is 11.1. The Hall–Kier alpha value is -0.220. The van der Waals surface area contributed by atoms with E-state index in [4.69, 9.17) is 4.74 Å². The molecule has 0 bridgehead atoms. The van der Waals surface area contributed by atoms with Gasteiger partial charge in [-0.25, -0.2) is 0 Å². The van der Waals surface area contributed by atoms with Crippen LogP contribution in [0.15, 0.2) is 0 Å². The largest absolute Gasteiger partial charge is 0.466 e. The Labute approximate surface area is 70.1 Å². The Bertz CT molecular complexity index is 149. The number of hydrogen-bond donors (Lipinski definition) is 1. The molecule has 4 heteroatoms. The normalized spacial score (nSPS) is 30.4. The predicted molar refractivity (Wildman–Crippen MR) is 43.5 cm³/mol. The number of ether oxygens (including phenoxy) is 1. The lowest BCUT2D eigenvalue weighted by molar-refractivity contribution is -0.149. The Morgan fingerprint density at radius 2 is 2.45 bits per heavy atom. The zero-order valence-electron chi connectivity index (χ0n) is 6.45. The maximum Gasteiger partial charge on any atom is 0.312 e. The van der Waals surface area contributed by atoms with Crippen LogP contribution in [0, 0.1) is 5.92 Å². The Morgan fingerprint density at radius 3 is 2.91 bits per heavy atom. The Kier molecular flexibility index (Phi) is 3.20. The molecule has 0 radical (unpaired) electrons. The van der Waals surface area contributed by atoms with Crippen LogP contribution in [-0.4, -0.2) is 35.3 Å². The van der Waals surface area contributed by atoms with Crippen molar-refractivity contribution in [2.24, 2.45) is 5.92 Å². The molecule has 0 saturated carbocycles. The number of esters is 1. The summed E-state index contributed by atoms with van der Waals surface area (Å²) in [6.45, 7) is 2.17. The second kappa shape index (κ2) is 3.97. The van der Waals surface area contributed by atoms with Gasteiger partial charge in [-0.2, -0.15) is 11.8 Å². The summed E-state index contributed by atoms with van der Waals surface area (Å²) in [5, 5.41) is 9.26. The van der Waals surface area contributed by atoms with E-state index in [2.05, 4.69) is 0 Å². The maximum absolute atomic E-state index is 11.1. The van der Waals surface area contributed by atoms with Crippen LogP contribution >= 0.6 is 11.8 Å². The fourth-order valence-electron chi connectivity index (χ4n) is 1.02. The van der Waals surface area contributed by atoms with Crippen LogP contribution in [0.3, 0.4) is 0 Å². The summed E-state index contributed by atoms with van der Waals surface area (Å²) < 4.78 is 4.78. The lowest BCUT2D eigenvalue weighted by atomic mass is 10.1. The molecule has 0 spiro atoms. The highest BCUT2D eigenvalue weighted by Crippen LogP contribution is 2.24. The van der Waals surface area contributed by atoms with E-state index in [0.29, 0.717) is 18.1 Å². The van der Waals surface area contributed by atoms with Crippen LogP contribution in [0.5, 0.6) is 0 Å². The van der Waals surface area contributed by atoms with Crippen molar-refractivity contribution in [3.63, 3.8) is 0 Å². The number of carbonyl (C=O) groups is 1. The fraction of sp³-hybridized carbons (Fsp3) is 0.857. The SMILES string of the molecule is CCOC(=O)C1CSCC1O. The minimum atomic E-state index is -0.501. The first-order valence-corrected chi connectivity index (χ1v) is 4.83. The molecule has 1 fully saturated rings. The van der Waals surface area contributed by atoms with Crippen molar-refractivity contribution in [1.29, 1.82) is 0 Å². The van der Waals surface area contributed by atoms with Crippen molar-refractivity contribution in [2.75, 3.05) is 18.1 Å². The molecule has 0 aromatic heterocycles. The molecule has 2 unspecified atom stereocenters. The van der Waals surface area contributed by atoms with Gasteiger partial charge in [0.25, 0.3) is 0 Å². The topological polar surface area (TPSA) is 46.5 Å². The summed E-state index contributed by atoms with van der Waals surface area (Å²) in [5.41, 5.74) is 0. The predicted octanol–water partition coefficient (Wildman–Crippen LogP) is 0.273. The van der Waals surface area contributed by atoms with E-state index in [9.17, 15) is 9.90 Å². The van der Waals surface area contributed by atoms with Gasteiger partial charge < -0.3 is 9.84 Å². The van der Waals surface area contributed by atoms with Crippen LogP contribution in [-0.2, 0) is 9.53 Å². The van der Waals surface area contributed by atoms with Crippen LogP contribution in [0.25, 0.3) is 0 Å². The van der Waals surface area contributed by atoms with Gasteiger partial charge in [-0.1, -0.05) is 0 Å². The molecular weight excluding hydrogens is 164 g/mol. The number of aliphatic hydroxyl groups excluding tert-OH is 1. The second-order valence-electron chi connectivity index (χ2n) is 2.46. The van der Waals surface area contributed by atoms with E-state index in [1.165, 1.54) is 0 Å². The average molecular weight is 176 g/mol. The molecule has 0 aromatic rings. The lowest BCUT2D eigenvalue weighted by Gasteiger charge is -2.10. The molecule has 0 aromatic carbocycles. The molecule has 1 rings (SSSR count). The van der Waals surface area contributed by atoms with Crippen molar-refractivity contribution < 1.29 is 14.6 Å². The molecular formula is C7H12O3S. The number of aliphatic hydroxyl groups is 1. The van der Waals surface area contributed by atoms with Gasteiger partial charge >= 0.3 is 5.97 Å². The van der Waals surface area contributed by atoms with Crippen LogP contribution < -0.4 is 0 Å². The van der Waals surface area contributed by atoms with Gasteiger partial charge in [-0.3, -0.25) is 4.79 Å². The average Bonchev–Trinajstić information content (AvgIpc) is 2.36. The van der Waals surface area contributed by atoms with Crippen molar-refractivity contribution in [3.05, 3.63) is 0 Å². The van der Waals surface area contributed by atoms with Gasteiger partial charge in [-0.15, -0.1) is 0 Å². The monoisotopic (exact) mass is 176 g/mol. The molecule has 1 aliphatic rings. The van der Waals surface area contributed by atoms with Crippen molar-refractivity contribution >= 4 is 17.7 Å². The smallest absolute Gasteiger partial charge is 0.312 e. The Morgan fingerprint density at radius 1 is 1.73 bits per heavy atom. The Balaban J connectivity index is 2.39. The van der Waals surface area contributed by atoms with Crippen LogP contribution in [0.1, 0.15) is 6.92 Å². The van der Waals surface area contributed by atoms with Gasteiger partial charge in [0.1, 0.15) is 0 Å². The number of hydrogen-bond acceptors (Lipinski definition) is 4. The van der Waals surface area contributed by atoms with Gasteiger partial charge in [-0.05, 0) is 6.92 Å². The van der Waals surface area contributed by atoms with Crippen molar-refractivity contribution in [3.8, 4) is 0 Å². The van der Waals surface area contributed by atoms with Crippen LogP contribution in [0.4, 0.5) is 0 Å².